The van der Waals surface area contributed by atoms with Gasteiger partial charge in [0.1, 0.15) is 0 Å². The van der Waals surface area contributed by atoms with E-state index < -0.39 is 0 Å². The Kier molecular flexibility index (Phi) is 3.15. The lowest BCUT2D eigenvalue weighted by Gasteiger charge is -1.97. The lowest BCUT2D eigenvalue weighted by atomic mass is 10.3. The Bertz CT molecular complexity index is 201. The molecule has 1 aromatic rings. The molecule has 0 atom stereocenters. The topological polar surface area (TPSA) is 21.3 Å². The molecule has 0 bridgehead atoms. The highest BCUT2D eigenvalue weighted by Gasteiger charge is 1.98. The molecule has 0 aromatic carbocycles. The quantitative estimate of drug-likeness (QED) is 0.714. The van der Waals surface area contributed by atoms with E-state index in [2.05, 4.69) is 10.3 Å². The molecule has 0 aliphatic heterocycles. The predicted octanol–water partition coefficient (Wildman–Crippen LogP) is 2.05. The number of hydrogen-bond donors (Lipinski definition) is 1. The third-order valence-electron chi connectivity index (χ3n) is 1.10. The highest BCUT2D eigenvalue weighted by atomic mass is 35.5. The Morgan fingerprint density at radius 3 is 3.10 bits per heavy atom. The normalized spacial score (nSPS) is 10.2. The molecule has 1 heterocycles. The Balaban J connectivity index is 2.49. The van der Waals surface area contributed by atoms with Crippen LogP contribution in [0.2, 0.25) is 4.34 Å². The predicted molar refractivity (Wildman–Crippen MR) is 43.2 cm³/mol. The van der Waals surface area contributed by atoms with Gasteiger partial charge in [0.15, 0.2) is 0 Å². The van der Waals surface area contributed by atoms with Gasteiger partial charge in [-0.2, -0.15) is 5.48 Å². The molecule has 0 amide bonds. The summed E-state index contributed by atoms with van der Waals surface area (Å²) in [5.41, 5.74) is 3.79. The first-order valence-electron chi connectivity index (χ1n) is 2.82. The van der Waals surface area contributed by atoms with E-state index in [-0.39, 0.29) is 0 Å². The molecule has 0 spiro atoms. The Hall–Kier alpha value is -0.0900. The summed E-state index contributed by atoms with van der Waals surface area (Å²) in [4.78, 5) is 4.67. The van der Waals surface area contributed by atoms with E-state index in [4.69, 9.17) is 11.6 Å². The monoisotopic (exact) mass is 177 g/mol. The third kappa shape index (κ3) is 1.95. The first kappa shape index (κ1) is 8.01. The lowest BCUT2D eigenvalue weighted by Crippen LogP contribution is -2.09. The first-order valence-corrected chi connectivity index (χ1v) is 4.08. The van der Waals surface area contributed by atoms with Crippen molar-refractivity contribution < 1.29 is 4.84 Å². The van der Waals surface area contributed by atoms with E-state index in [1.807, 2.05) is 11.4 Å². The molecule has 1 N–H and O–H groups in total. The second-order valence-electron chi connectivity index (χ2n) is 1.74. The van der Waals surface area contributed by atoms with Crippen molar-refractivity contribution in [2.45, 2.75) is 6.54 Å². The highest BCUT2D eigenvalue weighted by molar-refractivity contribution is 7.14. The summed E-state index contributed by atoms with van der Waals surface area (Å²) in [6.45, 7) is 0.666. The van der Waals surface area contributed by atoms with Crippen LogP contribution in [0, 0.1) is 0 Å². The summed E-state index contributed by atoms with van der Waals surface area (Å²) < 4.78 is 0.824. The summed E-state index contributed by atoms with van der Waals surface area (Å²) in [5.74, 6) is 0. The van der Waals surface area contributed by atoms with Crippen LogP contribution in [0.1, 0.15) is 5.56 Å². The zero-order valence-corrected chi connectivity index (χ0v) is 7.13. The smallest absolute Gasteiger partial charge is 0.0974 e. The van der Waals surface area contributed by atoms with Crippen LogP contribution in [0.4, 0.5) is 0 Å². The average Bonchev–Trinajstić information content (AvgIpc) is 2.31. The third-order valence-corrected chi connectivity index (χ3v) is 2.35. The summed E-state index contributed by atoms with van der Waals surface area (Å²) >= 11 is 7.32. The molecule has 10 heavy (non-hydrogen) atoms. The van der Waals surface area contributed by atoms with Crippen molar-refractivity contribution in [1.29, 1.82) is 0 Å². The van der Waals surface area contributed by atoms with Gasteiger partial charge in [0.05, 0.1) is 11.4 Å². The van der Waals surface area contributed by atoms with Crippen LogP contribution in [0.25, 0.3) is 0 Å². The zero-order chi connectivity index (χ0) is 7.40. The minimum atomic E-state index is 0.666. The fourth-order valence-corrected chi connectivity index (χ4v) is 1.52. The fraction of sp³-hybridized carbons (Fsp3) is 0.333. The molecule has 1 rings (SSSR count). The van der Waals surface area contributed by atoms with Crippen molar-refractivity contribution in [2.24, 2.45) is 0 Å². The molecular formula is C6H8ClNOS. The van der Waals surface area contributed by atoms with E-state index in [0.29, 0.717) is 6.54 Å². The molecule has 0 aliphatic carbocycles. The van der Waals surface area contributed by atoms with Crippen molar-refractivity contribution in [3.63, 3.8) is 0 Å². The summed E-state index contributed by atoms with van der Waals surface area (Å²) in [6.07, 6.45) is 0. The highest BCUT2D eigenvalue weighted by Crippen LogP contribution is 2.21. The van der Waals surface area contributed by atoms with E-state index in [0.717, 1.165) is 9.90 Å². The van der Waals surface area contributed by atoms with Crippen LogP contribution in [-0.4, -0.2) is 7.11 Å². The van der Waals surface area contributed by atoms with Gasteiger partial charge in [0.2, 0.25) is 0 Å². The fourth-order valence-electron chi connectivity index (χ4n) is 0.595. The minimum Gasteiger partial charge on any atom is -0.305 e. The summed E-state index contributed by atoms with van der Waals surface area (Å²) in [5, 5.41) is 1.95. The molecule has 56 valence electrons. The molecule has 0 unspecified atom stereocenters. The molecule has 0 saturated heterocycles. The van der Waals surface area contributed by atoms with Gasteiger partial charge in [-0.1, -0.05) is 11.6 Å². The zero-order valence-electron chi connectivity index (χ0n) is 5.56. The molecular weight excluding hydrogens is 170 g/mol. The molecule has 0 aliphatic rings. The largest absolute Gasteiger partial charge is 0.305 e. The Labute approximate surface area is 68.7 Å². The van der Waals surface area contributed by atoms with E-state index >= 15 is 0 Å². The van der Waals surface area contributed by atoms with Gasteiger partial charge in [-0.05, 0) is 17.0 Å². The standard InChI is InChI=1S/C6H8ClNOS/c1-9-8-4-5-2-3-10-6(5)7/h2-3,8H,4H2,1H3. The maximum absolute atomic E-state index is 5.80. The number of halogens is 1. The van der Waals surface area contributed by atoms with Crippen LogP contribution in [-0.2, 0) is 11.4 Å². The molecule has 0 radical (unpaired) electrons. The van der Waals surface area contributed by atoms with Crippen LogP contribution < -0.4 is 5.48 Å². The molecule has 0 saturated carbocycles. The minimum absolute atomic E-state index is 0.666. The van der Waals surface area contributed by atoms with Crippen molar-refractivity contribution in [3.05, 3.63) is 21.3 Å². The summed E-state index contributed by atoms with van der Waals surface area (Å²) in [6, 6.07) is 1.97. The van der Waals surface area contributed by atoms with Gasteiger partial charge in [-0.25, -0.2) is 0 Å². The molecule has 1 aromatic heterocycles. The van der Waals surface area contributed by atoms with Gasteiger partial charge in [-0.15, -0.1) is 11.3 Å². The van der Waals surface area contributed by atoms with E-state index in [1.54, 1.807) is 7.11 Å². The maximum atomic E-state index is 5.80. The van der Waals surface area contributed by atoms with Crippen LogP contribution in [0.15, 0.2) is 11.4 Å². The van der Waals surface area contributed by atoms with Crippen LogP contribution in [0.3, 0.4) is 0 Å². The van der Waals surface area contributed by atoms with Crippen LogP contribution >= 0.6 is 22.9 Å². The Morgan fingerprint density at radius 1 is 1.80 bits per heavy atom. The summed E-state index contributed by atoms with van der Waals surface area (Å²) in [7, 11) is 1.58. The first-order chi connectivity index (χ1) is 4.84. The second-order valence-corrected chi connectivity index (χ2v) is 3.26. The second kappa shape index (κ2) is 3.93. The van der Waals surface area contributed by atoms with Gasteiger partial charge in [0.25, 0.3) is 0 Å². The van der Waals surface area contributed by atoms with E-state index in [1.165, 1.54) is 11.3 Å². The number of nitrogens with one attached hydrogen (secondary N) is 1. The number of hydrogen-bond acceptors (Lipinski definition) is 3. The average molecular weight is 178 g/mol. The maximum Gasteiger partial charge on any atom is 0.0974 e. The number of thiophene rings is 1. The van der Waals surface area contributed by atoms with Gasteiger partial charge in [-0.3, -0.25) is 0 Å². The molecule has 4 heteroatoms. The molecule has 2 nitrogen and oxygen atoms in total. The number of hydroxylamine groups is 1. The number of rotatable bonds is 3. The van der Waals surface area contributed by atoms with Gasteiger partial charge >= 0.3 is 0 Å². The molecule has 0 fully saturated rings. The lowest BCUT2D eigenvalue weighted by molar-refractivity contribution is 0.0868. The van der Waals surface area contributed by atoms with Crippen molar-refractivity contribution >= 4 is 22.9 Å². The van der Waals surface area contributed by atoms with Crippen molar-refractivity contribution in [2.75, 3.05) is 7.11 Å². The van der Waals surface area contributed by atoms with E-state index in [9.17, 15) is 0 Å². The SMILES string of the molecule is CONCc1ccsc1Cl. The van der Waals surface area contributed by atoms with Crippen LogP contribution in [0.5, 0.6) is 0 Å². The van der Waals surface area contributed by atoms with Crippen molar-refractivity contribution in [3.8, 4) is 0 Å². The van der Waals surface area contributed by atoms with Gasteiger partial charge < -0.3 is 4.84 Å². The van der Waals surface area contributed by atoms with Gasteiger partial charge in [0, 0.05) is 6.54 Å². The Morgan fingerprint density at radius 2 is 2.60 bits per heavy atom. The van der Waals surface area contributed by atoms with Crippen molar-refractivity contribution in [1.82, 2.24) is 5.48 Å².